The molecule has 136 valence electrons. The highest BCUT2D eigenvalue weighted by molar-refractivity contribution is 7.80. The number of hydrogen-bond donors (Lipinski definition) is 1. The van der Waals surface area contributed by atoms with Crippen LogP contribution in [0.1, 0.15) is 27.7 Å². The Morgan fingerprint density at radius 2 is 1.25 bits per heavy atom. The van der Waals surface area contributed by atoms with Crippen LogP contribution in [0.4, 0.5) is 0 Å². The molecule has 1 heterocycles. The standard InChI is InChI=1S/C14H20O9S/c1-6(15)19-5-10-11(20-7(2)16)12(21-8(3)17)13(14(24)23-10)22-9(4)18/h10-14,24H,5H2,1-4H3/t10-,11-,12+,13-,14+/m1/s1/i5+1,10+1,11+1,12+1,13+1,14+1. The first-order valence-electron chi connectivity index (χ1n) is 7.10. The fourth-order valence-electron chi connectivity index (χ4n) is 2.21. The van der Waals surface area contributed by atoms with Crippen molar-refractivity contribution >= 4 is 36.5 Å². The predicted molar refractivity (Wildman–Crippen MR) is 80.9 cm³/mol. The Morgan fingerprint density at radius 3 is 1.71 bits per heavy atom. The van der Waals surface area contributed by atoms with Crippen molar-refractivity contribution in [2.75, 3.05) is 6.61 Å². The molecule has 1 fully saturated rings. The maximum absolute atomic E-state index is 11.4. The second kappa shape index (κ2) is 8.88. The summed E-state index contributed by atoms with van der Waals surface area (Å²) in [6, 6.07) is 0. The van der Waals surface area contributed by atoms with Gasteiger partial charge in [0, 0.05) is 27.7 Å². The maximum Gasteiger partial charge on any atom is 0.303 e. The van der Waals surface area contributed by atoms with E-state index in [0.717, 1.165) is 20.8 Å². The maximum atomic E-state index is 11.4. The molecule has 1 rings (SSSR count). The van der Waals surface area contributed by atoms with Gasteiger partial charge in [0.05, 0.1) is 0 Å². The van der Waals surface area contributed by atoms with E-state index in [1.807, 2.05) is 0 Å². The van der Waals surface area contributed by atoms with Crippen molar-refractivity contribution in [3.05, 3.63) is 0 Å². The van der Waals surface area contributed by atoms with Crippen molar-refractivity contribution in [3.63, 3.8) is 0 Å². The number of esters is 4. The highest BCUT2D eigenvalue weighted by Gasteiger charge is 2.51. The molecule has 0 aliphatic carbocycles. The zero-order chi connectivity index (χ0) is 18.4. The third kappa shape index (κ3) is 6.00. The lowest BCUT2D eigenvalue weighted by Gasteiger charge is -2.42. The fraction of sp³-hybridized carbons (Fsp3) is 0.714. The minimum absolute atomic E-state index is 0.255. The smallest absolute Gasteiger partial charge is 0.303 e. The van der Waals surface area contributed by atoms with Gasteiger partial charge in [0.25, 0.3) is 0 Å². The summed E-state index contributed by atoms with van der Waals surface area (Å²) >= 11 is 4.18. The Bertz CT molecular complexity index is 506. The predicted octanol–water partition coefficient (Wildman–Crippen LogP) is -0.000700. The fourth-order valence-corrected chi connectivity index (χ4v) is 2.59. The average Bonchev–Trinajstić information content (AvgIpc) is 2.42. The zero-order valence-electron chi connectivity index (χ0n) is 13.7. The number of carbonyl (C=O) groups excluding carboxylic acids is 4. The third-order valence-corrected chi connectivity index (χ3v) is 3.38. The van der Waals surface area contributed by atoms with Gasteiger partial charge in [0.15, 0.2) is 18.3 Å². The third-order valence-electron chi connectivity index (χ3n) is 2.97. The molecule has 0 aromatic rings. The Morgan fingerprint density at radius 1 is 0.792 bits per heavy atom. The van der Waals surface area contributed by atoms with Gasteiger partial charge in [-0.25, -0.2) is 0 Å². The van der Waals surface area contributed by atoms with Gasteiger partial charge < -0.3 is 23.7 Å². The van der Waals surface area contributed by atoms with E-state index in [4.69, 9.17) is 23.7 Å². The molecule has 1 aliphatic rings. The van der Waals surface area contributed by atoms with E-state index in [9.17, 15) is 19.2 Å². The summed E-state index contributed by atoms with van der Waals surface area (Å²) in [5.74, 6) is -2.57. The van der Waals surface area contributed by atoms with E-state index in [1.54, 1.807) is 0 Å². The summed E-state index contributed by atoms with van der Waals surface area (Å²) in [5.41, 5.74) is -0.981. The highest BCUT2D eigenvalue weighted by Crippen LogP contribution is 2.30. The topological polar surface area (TPSA) is 114 Å². The molecule has 0 aromatic carbocycles. The van der Waals surface area contributed by atoms with Crippen LogP contribution in [0.5, 0.6) is 0 Å². The van der Waals surface area contributed by atoms with Crippen LogP contribution in [0.3, 0.4) is 0 Å². The van der Waals surface area contributed by atoms with E-state index >= 15 is 0 Å². The lowest BCUT2D eigenvalue weighted by Crippen LogP contribution is -2.61. The van der Waals surface area contributed by atoms with Gasteiger partial charge in [-0.05, 0) is 0 Å². The van der Waals surface area contributed by atoms with Gasteiger partial charge in [-0.2, -0.15) is 0 Å². The number of thiol groups is 1. The number of carbonyl (C=O) groups is 4. The molecular weight excluding hydrogens is 350 g/mol. The summed E-state index contributed by atoms with van der Waals surface area (Å²) in [6.45, 7) is 4.42. The second-order valence-corrected chi connectivity index (χ2v) is 5.60. The molecule has 0 amide bonds. The summed E-state index contributed by atoms with van der Waals surface area (Å²) in [7, 11) is 0. The van der Waals surface area contributed by atoms with Gasteiger partial charge in [0.1, 0.15) is 18.1 Å². The van der Waals surface area contributed by atoms with Crippen molar-refractivity contribution in [3.8, 4) is 0 Å². The summed E-state index contributed by atoms with van der Waals surface area (Å²) in [5, 5.41) is 0. The summed E-state index contributed by atoms with van der Waals surface area (Å²) < 4.78 is 25.8. The Kier molecular flexibility index (Phi) is 7.49. The van der Waals surface area contributed by atoms with Crippen LogP contribution >= 0.6 is 12.6 Å². The Balaban J connectivity index is 3.11. The first-order valence-corrected chi connectivity index (χ1v) is 7.62. The van der Waals surface area contributed by atoms with Gasteiger partial charge >= 0.3 is 23.9 Å². The molecule has 0 unspecified atom stereocenters. The molecule has 0 aromatic heterocycles. The highest BCUT2D eigenvalue weighted by atomic mass is 32.1. The van der Waals surface area contributed by atoms with Gasteiger partial charge in [-0.3, -0.25) is 19.2 Å². The van der Waals surface area contributed by atoms with Crippen molar-refractivity contribution in [1.29, 1.82) is 0 Å². The van der Waals surface area contributed by atoms with Crippen LogP contribution in [0.15, 0.2) is 0 Å². The van der Waals surface area contributed by atoms with Crippen molar-refractivity contribution in [2.45, 2.75) is 57.5 Å². The normalized spacial score (nSPS) is 29.3. The Hall–Kier alpha value is -1.81. The lowest BCUT2D eigenvalue weighted by atomic mass is 10.8. The number of ether oxygens (including phenoxy) is 5. The summed E-state index contributed by atoms with van der Waals surface area (Å²) in [6.07, 6.45) is -4.35. The molecule has 5 atom stereocenters. The van der Waals surface area contributed by atoms with Gasteiger partial charge in [0.2, 0.25) is 0 Å². The Labute approximate surface area is 144 Å². The molecule has 1 saturated heterocycles. The molecule has 0 spiro atoms. The van der Waals surface area contributed by atoms with Crippen LogP contribution < -0.4 is 0 Å². The van der Waals surface area contributed by atoms with Crippen LogP contribution in [-0.4, -0.2) is 60.3 Å². The summed E-state index contributed by atoms with van der Waals surface area (Å²) in [4.78, 5) is 45.1. The second-order valence-electron chi connectivity index (χ2n) is 5.09. The SMILES string of the molecule is CC(=O)O[13CH2][13C@H]1O[13C@@H](S)[13C@H](OC(C)=O)[13C@@H](OC(C)=O)[13C@@H]1OC(C)=O. The van der Waals surface area contributed by atoms with Crippen LogP contribution in [0.25, 0.3) is 0 Å². The molecule has 0 radical (unpaired) electrons. The van der Waals surface area contributed by atoms with Crippen molar-refractivity contribution in [1.82, 2.24) is 0 Å². The molecule has 0 N–H and O–H groups in total. The minimum atomic E-state index is -1.16. The molecule has 24 heavy (non-hydrogen) atoms. The number of rotatable bonds is 5. The van der Waals surface area contributed by atoms with E-state index in [-0.39, 0.29) is 6.61 Å². The van der Waals surface area contributed by atoms with E-state index in [2.05, 4.69) is 12.6 Å². The van der Waals surface area contributed by atoms with Crippen LogP contribution in [-0.2, 0) is 42.9 Å². The molecular formula is C14H20O9S. The van der Waals surface area contributed by atoms with E-state index in [1.165, 1.54) is 6.92 Å². The quantitative estimate of drug-likeness (QED) is 0.309. The van der Waals surface area contributed by atoms with Gasteiger partial charge in [-0.15, -0.1) is 12.6 Å². The largest absolute Gasteiger partial charge is 0.463 e. The first-order chi connectivity index (χ1) is 11.1. The zero-order valence-corrected chi connectivity index (χ0v) is 14.6. The molecule has 9 nitrogen and oxygen atoms in total. The molecule has 0 saturated carbocycles. The molecule has 1 aliphatic heterocycles. The lowest BCUT2D eigenvalue weighted by molar-refractivity contribution is -0.237. The van der Waals surface area contributed by atoms with Crippen molar-refractivity contribution < 1.29 is 42.9 Å². The first kappa shape index (κ1) is 20.2. The number of hydrogen-bond acceptors (Lipinski definition) is 10. The van der Waals surface area contributed by atoms with Crippen molar-refractivity contribution in [2.24, 2.45) is 0 Å². The molecule has 0 bridgehead atoms. The van der Waals surface area contributed by atoms with Crippen LogP contribution in [0, 0.1) is 0 Å². The average molecular weight is 370 g/mol. The van der Waals surface area contributed by atoms with Crippen LogP contribution in [0.2, 0.25) is 0 Å². The monoisotopic (exact) mass is 370 g/mol. The van der Waals surface area contributed by atoms with E-state index < -0.39 is 53.7 Å². The minimum Gasteiger partial charge on any atom is -0.463 e. The van der Waals surface area contributed by atoms with Gasteiger partial charge in [-0.1, -0.05) is 0 Å². The molecule has 10 heteroatoms. The van der Waals surface area contributed by atoms with E-state index in [0.29, 0.717) is 0 Å².